The largest absolute Gasteiger partial charge is 0.322 e. The number of benzene rings is 1. The van der Waals surface area contributed by atoms with Crippen LogP contribution >= 0.6 is 0 Å². The molecule has 96 valence electrons. The molecule has 0 N–H and O–H groups in total. The maximum Gasteiger partial charge on any atom is 0.159 e. The summed E-state index contributed by atoms with van der Waals surface area (Å²) in [6.07, 6.45) is 1.81. The zero-order valence-electron chi connectivity index (χ0n) is 11.2. The Morgan fingerprint density at radius 2 is 1.84 bits per heavy atom. The van der Waals surface area contributed by atoms with Gasteiger partial charge in [-0.15, -0.1) is 0 Å². The minimum atomic E-state index is 0.570. The zero-order chi connectivity index (χ0) is 13.2. The van der Waals surface area contributed by atoms with Crippen molar-refractivity contribution in [2.45, 2.75) is 20.4 Å². The van der Waals surface area contributed by atoms with Crippen LogP contribution in [0.15, 0.2) is 48.7 Å². The molecule has 1 aromatic carbocycles. The van der Waals surface area contributed by atoms with Gasteiger partial charge in [-0.05, 0) is 30.2 Å². The molecule has 0 aliphatic heterocycles. The Morgan fingerprint density at radius 1 is 1.05 bits per heavy atom. The van der Waals surface area contributed by atoms with E-state index in [-0.39, 0.29) is 0 Å². The predicted molar refractivity (Wildman–Crippen MR) is 77.8 cm³/mol. The summed E-state index contributed by atoms with van der Waals surface area (Å²) in [5.41, 5.74) is 3.14. The van der Waals surface area contributed by atoms with Crippen LogP contribution < -0.4 is 0 Å². The zero-order valence-corrected chi connectivity index (χ0v) is 11.2. The van der Waals surface area contributed by atoms with Gasteiger partial charge in [0.15, 0.2) is 5.82 Å². The second kappa shape index (κ2) is 4.84. The average Bonchev–Trinajstić information content (AvgIpc) is 2.78. The van der Waals surface area contributed by atoms with Crippen molar-refractivity contribution in [3.05, 3.63) is 48.7 Å². The van der Waals surface area contributed by atoms with Crippen LogP contribution in [0.5, 0.6) is 0 Å². The molecule has 2 heterocycles. The molecule has 0 unspecified atom stereocenters. The van der Waals surface area contributed by atoms with Gasteiger partial charge in [0, 0.05) is 12.7 Å². The molecule has 0 radical (unpaired) electrons. The molecular weight excluding hydrogens is 234 g/mol. The minimum absolute atomic E-state index is 0.570. The molecule has 0 aliphatic carbocycles. The fourth-order valence-corrected chi connectivity index (χ4v) is 2.32. The van der Waals surface area contributed by atoms with Crippen LogP contribution in [0.25, 0.3) is 22.6 Å². The molecule has 2 aromatic heterocycles. The summed E-state index contributed by atoms with van der Waals surface area (Å²) in [5, 5.41) is 0. The molecule has 3 aromatic rings. The molecule has 3 nitrogen and oxygen atoms in total. The van der Waals surface area contributed by atoms with E-state index in [2.05, 4.69) is 41.6 Å². The number of pyridine rings is 1. The molecule has 0 saturated carbocycles. The Balaban J connectivity index is 2.23. The SMILES string of the molecule is CC(C)Cn1c(-c2ccccn2)nc2ccccc21. The summed E-state index contributed by atoms with van der Waals surface area (Å²) >= 11 is 0. The van der Waals surface area contributed by atoms with Gasteiger partial charge in [0.2, 0.25) is 0 Å². The molecular formula is C16H17N3. The van der Waals surface area contributed by atoms with Crippen LogP contribution in [0.3, 0.4) is 0 Å². The number of aromatic nitrogens is 3. The van der Waals surface area contributed by atoms with Gasteiger partial charge >= 0.3 is 0 Å². The van der Waals surface area contributed by atoms with Crippen molar-refractivity contribution >= 4 is 11.0 Å². The van der Waals surface area contributed by atoms with Crippen molar-refractivity contribution in [3.63, 3.8) is 0 Å². The first-order valence-electron chi connectivity index (χ1n) is 6.62. The molecule has 19 heavy (non-hydrogen) atoms. The highest BCUT2D eigenvalue weighted by Crippen LogP contribution is 2.24. The Kier molecular flexibility index (Phi) is 3.03. The van der Waals surface area contributed by atoms with Crippen LogP contribution in [0, 0.1) is 5.92 Å². The van der Waals surface area contributed by atoms with E-state index in [9.17, 15) is 0 Å². The number of para-hydroxylation sites is 2. The number of nitrogens with zero attached hydrogens (tertiary/aromatic N) is 3. The molecule has 0 saturated heterocycles. The second-order valence-corrected chi connectivity index (χ2v) is 5.14. The summed E-state index contributed by atoms with van der Waals surface area (Å²) in [7, 11) is 0. The lowest BCUT2D eigenvalue weighted by Gasteiger charge is -2.11. The van der Waals surface area contributed by atoms with Gasteiger partial charge in [-0.1, -0.05) is 32.0 Å². The molecule has 0 bridgehead atoms. The molecule has 0 atom stereocenters. The standard InChI is InChI=1S/C16H17N3/c1-12(2)11-19-15-9-4-3-7-13(15)18-16(19)14-8-5-6-10-17-14/h3-10,12H,11H2,1-2H3. The van der Waals surface area contributed by atoms with E-state index >= 15 is 0 Å². The van der Waals surface area contributed by atoms with Gasteiger partial charge in [-0.25, -0.2) is 4.98 Å². The smallest absolute Gasteiger partial charge is 0.159 e. The summed E-state index contributed by atoms with van der Waals surface area (Å²) in [5.74, 6) is 1.52. The lowest BCUT2D eigenvalue weighted by Crippen LogP contribution is -2.06. The van der Waals surface area contributed by atoms with Gasteiger partial charge in [0.05, 0.1) is 11.0 Å². The number of hydrogen-bond donors (Lipinski definition) is 0. The first-order chi connectivity index (χ1) is 9.25. The van der Waals surface area contributed by atoms with Crippen LogP contribution in [0.2, 0.25) is 0 Å². The maximum absolute atomic E-state index is 4.74. The minimum Gasteiger partial charge on any atom is -0.322 e. The van der Waals surface area contributed by atoms with E-state index in [0.717, 1.165) is 23.6 Å². The molecule has 3 rings (SSSR count). The monoisotopic (exact) mass is 251 g/mol. The average molecular weight is 251 g/mol. The van der Waals surface area contributed by atoms with Crippen molar-refractivity contribution in [1.82, 2.24) is 14.5 Å². The predicted octanol–water partition coefficient (Wildman–Crippen LogP) is 3.75. The summed E-state index contributed by atoms with van der Waals surface area (Å²) in [4.78, 5) is 9.17. The lowest BCUT2D eigenvalue weighted by molar-refractivity contribution is 0.536. The maximum atomic E-state index is 4.74. The van der Waals surface area contributed by atoms with Gasteiger partial charge in [-0.2, -0.15) is 0 Å². The Morgan fingerprint density at radius 3 is 2.58 bits per heavy atom. The molecule has 0 spiro atoms. The van der Waals surface area contributed by atoms with Crippen LogP contribution in [0.4, 0.5) is 0 Å². The Hall–Kier alpha value is -2.16. The number of rotatable bonds is 3. The van der Waals surface area contributed by atoms with E-state index in [1.54, 1.807) is 0 Å². The summed E-state index contributed by atoms with van der Waals surface area (Å²) in [6, 6.07) is 14.2. The third-order valence-corrected chi connectivity index (χ3v) is 3.10. The number of imidazole rings is 1. The fourth-order valence-electron chi connectivity index (χ4n) is 2.32. The van der Waals surface area contributed by atoms with Crippen LogP contribution in [-0.4, -0.2) is 14.5 Å². The Labute approximate surface area is 112 Å². The first-order valence-corrected chi connectivity index (χ1v) is 6.62. The third-order valence-electron chi connectivity index (χ3n) is 3.10. The van der Waals surface area contributed by atoms with Gasteiger partial charge in [0.1, 0.15) is 5.69 Å². The van der Waals surface area contributed by atoms with E-state index in [4.69, 9.17) is 4.98 Å². The summed E-state index contributed by atoms with van der Waals surface area (Å²) in [6.45, 7) is 5.39. The van der Waals surface area contributed by atoms with Crippen molar-refractivity contribution in [2.24, 2.45) is 5.92 Å². The number of fused-ring (bicyclic) bond motifs is 1. The fraction of sp³-hybridized carbons (Fsp3) is 0.250. The topological polar surface area (TPSA) is 30.7 Å². The second-order valence-electron chi connectivity index (χ2n) is 5.14. The molecule has 0 fully saturated rings. The highest BCUT2D eigenvalue weighted by molar-refractivity contribution is 5.79. The van der Waals surface area contributed by atoms with Crippen molar-refractivity contribution in [1.29, 1.82) is 0 Å². The third kappa shape index (κ3) is 2.24. The van der Waals surface area contributed by atoms with Crippen molar-refractivity contribution < 1.29 is 0 Å². The van der Waals surface area contributed by atoms with E-state index in [1.807, 2.05) is 30.5 Å². The lowest BCUT2D eigenvalue weighted by atomic mass is 10.2. The van der Waals surface area contributed by atoms with Crippen molar-refractivity contribution in [2.75, 3.05) is 0 Å². The van der Waals surface area contributed by atoms with E-state index in [1.165, 1.54) is 5.52 Å². The van der Waals surface area contributed by atoms with Crippen LogP contribution in [-0.2, 0) is 6.54 Å². The van der Waals surface area contributed by atoms with Crippen molar-refractivity contribution in [3.8, 4) is 11.5 Å². The quantitative estimate of drug-likeness (QED) is 0.709. The van der Waals surface area contributed by atoms with E-state index < -0.39 is 0 Å². The highest BCUT2D eigenvalue weighted by Gasteiger charge is 2.13. The molecule has 0 amide bonds. The Bertz CT molecular complexity index is 684. The number of hydrogen-bond acceptors (Lipinski definition) is 2. The normalized spacial score (nSPS) is 11.3. The van der Waals surface area contributed by atoms with Gasteiger partial charge in [-0.3, -0.25) is 4.98 Å². The highest BCUT2D eigenvalue weighted by atomic mass is 15.1. The van der Waals surface area contributed by atoms with E-state index in [0.29, 0.717) is 5.92 Å². The van der Waals surface area contributed by atoms with Gasteiger partial charge < -0.3 is 4.57 Å². The van der Waals surface area contributed by atoms with Gasteiger partial charge in [0.25, 0.3) is 0 Å². The molecule has 0 aliphatic rings. The summed E-state index contributed by atoms with van der Waals surface area (Å²) < 4.78 is 2.27. The first kappa shape index (κ1) is 11.9. The molecule has 3 heteroatoms. The van der Waals surface area contributed by atoms with Crippen LogP contribution in [0.1, 0.15) is 13.8 Å².